The van der Waals surface area contributed by atoms with Gasteiger partial charge in [-0.05, 0) is 89.4 Å². The van der Waals surface area contributed by atoms with Gasteiger partial charge in [-0.3, -0.25) is 0 Å². The lowest BCUT2D eigenvalue weighted by Gasteiger charge is -2.31. The highest BCUT2D eigenvalue weighted by atomic mass is 35.5. The quantitative estimate of drug-likeness (QED) is 0.378. The molecule has 2 aliphatic rings. The van der Waals surface area contributed by atoms with Crippen molar-refractivity contribution >= 4 is 29.3 Å². The topological polar surface area (TPSA) is 9.23 Å². The normalized spacial score (nSPS) is 23.7. The molecule has 0 aromatic heterocycles. The predicted molar refractivity (Wildman–Crippen MR) is 135 cm³/mol. The molecule has 1 saturated carbocycles. The molecule has 1 unspecified atom stereocenters. The first-order chi connectivity index (χ1) is 15.6. The summed E-state index contributed by atoms with van der Waals surface area (Å²) in [5.41, 5.74) is 6.87. The Hall–Kier alpha value is -2.48. The second-order valence-corrected chi connectivity index (χ2v) is 9.59. The van der Waals surface area contributed by atoms with E-state index < -0.39 is 0 Å². The van der Waals surface area contributed by atoms with Gasteiger partial charge in [-0.15, -0.1) is 0 Å². The summed E-state index contributed by atoms with van der Waals surface area (Å²) < 4.78 is 5.39. The number of allylic oxidation sites excluding steroid dienone is 3. The Bertz CT molecular complexity index is 1140. The van der Waals surface area contributed by atoms with Crippen molar-refractivity contribution in [3.05, 3.63) is 117 Å². The van der Waals surface area contributed by atoms with Crippen molar-refractivity contribution in [2.45, 2.75) is 31.1 Å². The van der Waals surface area contributed by atoms with Gasteiger partial charge in [-0.1, -0.05) is 71.8 Å². The molecule has 0 heterocycles. The van der Waals surface area contributed by atoms with E-state index in [4.69, 9.17) is 27.9 Å². The lowest BCUT2D eigenvalue weighted by molar-refractivity contribution is 0.413. The van der Waals surface area contributed by atoms with Crippen molar-refractivity contribution in [1.82, 2.24) is 0 Å². The van der Waals surface area contributed by atoms with Crippen LogP contribution in [0.25, 0.3) is 6.08 Å². The van der Waals surface area contributed by atoms with Crippen molar-refractivity contribution < 1.29 is 4.74 Å². The summed E-state index contributed by atoms with van der Waals surface area (Å²) in [7, 11) is 1.71. The van der Waals surface area contributed by atoms with Gasteiger partial charge in [0.25, 0.3) is 0 Å². The Morgan fingerprint density at radius 3 is 2.09 bits per heavy atom. The van der Waals surface area contributed by atoms with Crippen LogP contribution in [0.1, 0.15) is 47.8 Å². The largest absolute Gasteiger partial charge is 0.497 e. The van der Waals surface area contributed by atoms with Gasteiger partial charge >= 0.3 is 0 Å². The summed E-state index contributed by atoms with van der Waals surface area (Å²) in [6, 6.07) is 25.2. The van der Waals surface area contributed by atoms with Crippen LogP contribution in [-0.2, 0) is 0 Å². The molecule has 162 valence electrons. The van der Waals surface area contributed by atoms with Crippen molar-refractivity contribution in [2.24, 2.45) is 5.92 Å². The second-order valence-electron chi connectivity index (χ2n) is 8.72. The molecule has 3 aromatic rings. The van der Waals surface area contributed by atoms with Gasteiger partial charge < -0.3 is 4.74 Å². The number of hydrogen-bond acceptors (Lipinski definition) is 1. The molecule has 5 rings (SSSR count). The molecule has 32 heavy (non-hydrogen) atoms. The SMILES string of the molecule is COc1ccc([C@H]2C=C3/C(=C/c4ccc(Cl)cc4)CCCC3[C@@H]2c2ccc(Cl)cc2)cc1. The first-order valence-electron chi connectivity index (χ1n) is 11.2. The van der Waals surface area contributed by atoms with Crippen LogP contribution in [0.2, 0.25) is 10.0 Å². The van der Waals surface area contributed by atoms with E-state index in [0.29, 0.717) is 17.8 Å². The van der Waals surface area contributed by atoms with Crippen LogP contribution < -0.4 is 4.74 Å². The number of methoxy groups -OCH3 is 1. The maximum absolute atomic E-state index is 6.22. The van der Waals surface area contributed by atoms with Crippen LogP contribution >= 0.6 is 23.2 Å². The number of halogens is 2. The molecule has 3 atom stereocenters. The molecule has 3 aromatic carbocycles. The van der Waals surface area contributed by atoms with Crippen LogP contribution in [-0.4, -0.2) is 7.11 Å². The van der Waals surface area contributed by atoms with Crippen LogP contribution in [0.3, 0.4) is 0 Å². The van der Waals surface area contributed by atoms with E-state index >= 15 is 0 Å². The lowest BCUT2D eigenvalue weighted by Crippen LogP contribution is -2.18. The van der Waals surface area contributed by atoms with E-state index in [9.17, 15) is 0 Å². The molecule has 0 N–H and O–H groups in total. The third kappa shape index (κ3) is 4.25. The predicted octanol–water partition coefficient (Wildman–Crippen LogP) is 8.69. The number of fused-ring (bicyclic) bond motifs is 1. The Morgan fingerprint density at radius 2 is 1.44 bits per heavy atom. The Morgan fingerprint density at radius 1 is 0.812 bits per heavy atom. The van der Waals surface area contributed by atoms with E-state index in [1.165, 1.54) is 40.7 Å². The third-order valence-electron chi connectivity index (χ3n) is 6.88. The lowest BCUT2D eigenvalue weighted by atomic mass is 9.72. The van der Waals surface area contributed by atoms with Crippen LogP contribution in [0, 0.1) is 5.92 Å². The number of ether oxygens (including phenoxy) is 1. The zero-order valence-corrected chi connectivity index (χ0v) is 19.6. The minimum Gasteiger partial charge on any atom is -0.497 e. The average Bonchev–Trinajstić information content (AvgIpc) is 3.22. The van der Waals surface area contributed by atoms with E-state index in [1.54, 1.807) is 7.11 Å². The van der Waals surface area contributed by atoms with Gasteiger partial charge in [0.05, 0.1) is 7.11 Å². The number of hydrogen-bond donors (Lipinski definition) is 0. The fraction of sp³-hybridized carbons (Fsp3) is 0.241. The summed E-state index contributed by atoms with van der Waals surface area (Å²) in [4.78, 5) is 0. The first kappa shape index (κ1) is 21.4. The molecule has 3 heteroatoms. The van der Waals surface area contributed by atoms with Gasteiger partial charge in [-0.25, -0.2) is 0 Å². The smallest absolute Gasteiger partial charge is 0.118 e. The number of benzene rings is 3. The summed E-state index contributed by atoms with van der Waals surface area (Å²) in [6.45, 7) is 0. The zero-order valence-electron chi connectivity index (χ0n) is 18.1. The second kappa shape index (κ2) is 9.17. The van der Waals surface area contributed by atoms with Gasteiger partial charge in [0.2, 0.25) is 0 Å². The standard InChI is InChI=1S/C29H26Cl2O/c1-32-25-15-9-20(10-16-25)28-18-27-22(17-19-5-11-23(30)12-6-19)3-2-4-26(27)29(28)21-7-13-24(31)14-8-21/h5-18,26,28-29H,2-4H2,1H3/b22-17+/t26?,28-,29+/m1/s1. The molecular weight excluding hydrogens is 435 g/mol. The van der Waals surface area contributed by atoms with Gasteiger partial charge in [0.15, 0.2) is 0 Å². The summed E-state index contributed by atoms with van der Waals surface area (Å²) >= 11 is 12.3. The zero-order chi connectivity index (χ0) is 22.1. The monoisotopic (exact) mass is 460 g/mol. The third-order valence-corrected chi connectivity index (χ3v) is 7.38. The molecule has 0 aliphatic heterocycles. The molecule has 0 amide bonds. The molecule has 0 spiro atoms. The maximum Gasteiger partial charge on any atom is 0.118 e. The minimum absolute atomic E-state index is 0.328. The molecule has 1 nitrogen and oxygen atoms in total. The number of rotatable bonds is 4. The van der Waals surface area contributed by atoms with Crippen molar-refractivity contribution in [3.8, 4) is 5.75 Å². The fourth-order valence-electron chi connectivity index (χ4n) is 5.37. The van der Waals surface area contributed by atoms with E-state index in [1.807, 2.05) is 24.3 Å². The Balaban J connectivity index is 1.57. The maximum atomic E-state index is 6.22. The summed E-state index contributed by atoms with van der Waals surface area (Å²) in [5, 5.41) is 1.56. The summed E-state index contributed by atoms with van der Waals surface area (Å²) in [6.07, 6.45) is 8.41. The molecule has 2 aliphatic carbocycles. The van der Waals surface area contributed by atoms with Gasteiger partial charge in [-0.2, -0.15) is 0 Å². The molecule has 1 fully saturated rings. The Kier molecular flexibility index (Phi) is 6.13. The highest BCUT2D eigenvalue weighted by Crippen LogP contribution is 2.55. The highest BCUT2D eigenvalue weighted by molar-refractivity contribution is 6.30. The van der Waals surface area contributed by atoms with Gasteiger partial charge in [0, 0.05) is 21.9 Å². The average molecular weight is 461 g/mol. The van der Waals surface area contributed by atoms with Crippen LogP contribution in [0.15, 0.2) is 90.0 Å². The first-order valence-corrected chi connectivity index (χ1v) is 12.0. The van der Waals surface area contributed by atoms with Gasteiger partial charge in [0.1, 0.15) is 5.75 Å². The molecular formula is C29H26Cl2O. The Labute approximate surface area is 200 Å². The fourth-order valence-corrected chi connectivity index (χ4v) is 5.62. The van der Waals surface area contributed by atoms with E-state index in [-0.39, 0.29) is 0 Å². The molecule has 0 bridgehead atoms. The minimum atomic E-state index is 0.328. The van der Waals surface area contributed by atoms with E-state index in [0.717, 1.165) is 22.2 Å². The van der Waals surface area contributed by atoms with Crippen LogP contribution in [0.5, 0.6) is 5.75 Å². The highest BCUT2D eigenvalue weighted by Gasteiger charge is 2.41. The van der Waals surface area contributed by atoms with E-state index in [2.05, 4.69) is 60.7 Å². The van der Waals surface area contributed by atoms with Crippen molar-refractivity contribution in [3.63, 3.8) is 0 Å². The molecule has 0 saturated heterocycles. The van der Waals surface area contributed by atoms with Crippen LogP contribution in [0.4, 0.5) is 0 Å². The molecule has 0 radical (unpaired) electrons. The van der Waals surface area contributed by atoms with Crippen molar-refractivity contribution in [1.29, 1.82) is 0 Å². The summed E-state index contributed by atoms with van der Waals surface area (Å²) in [5.74, 6) is 2.14. The van der Waals surface area contributed by atoms with Crippen molar-refractivity contribution in [2.75, 3.05) is 7.11 Å².